The van der Waals surface area contributed by atoms with Gasteiger partial charge in [-0.1, -0.05) is 6.92 Å². The molecule has 0 amide bonds. The fourth-order valence-corrected chi connectivity index (χ4v) is 4.56. The maximum absolute atomic E-state index is 12.2. The molecule has 1 aromatic carbocycles. The average molecular weight is 310 g/mol. The van der Waals surface area contributed by atoms with E-state index in [0.717, 1.165) is 18.8 Å². The van der Waals surface area contributed by atoms with Crippen LogP contribution in [0, 0.1) is 11.3 Å². The highest BCUT2D eigenvalue weighted by atomic mass is 32.2. The van der Waals surface area contributed by atoms with Crippen LogP contribution in [0.1, 0.15) is 12.5 Å². The minimum atomic E-state index is -3.26. The van der Waals surface area contributed by atoms with Crippen molar-refractivity contribution in [3.63, 3.8) is 0 Å². The van der Waals surface area contributed by atoms with Crippen molar-refractivity contribution in [2.24, 2.45) is 0 Å². The molecule has 0 bridgehead atoms. The van der Waals surface area contributed by atoms with Crippen molar-refractivity contribution in [2.75, 3.05) is 31.1 Å². The summed E-state index contributed by atoms with van der Waals surface area (Å²) in [6.45, 7) is 4.66. The molecule has 2 rings (SSSR count). The van der Waals surface area contributed by atoms with E-state index in [9.17, 15) is 8.42 Å². The van der Waals surface area contributed by atoms with Gasteiger partial charge in [-0.15, -0.1) is 0 Å². The second kappa shape index (κ2) is 6.61. The number of thioether (sulfide) groups is 1. The van der Waals surface area contributed by atoms with Crippen LogP contribution in [0.2, 0.25) is 0 Å². The van der Waals surface area contributed by atoms with Crippen molar-refractivity contribution < 1.29 is 8.42 Å². The Morgan fingerprint density at radius 1 is 1.40 bits per heavy atom. The minimum Gasteiger partial charge on any atom is -0.300 e. The second-order valence-corrected chi connectivity index (χ2v) is 8.59. The van der Waals surface area contributed by atoms with Crippen molar-refractivity contribution in [3.8, 4) is 6.07 Å². The van der Waals surface area contributed by atoms with Crippen LogP contribution in [-0.4, -0.2) is 49.7 Å². The van der Waals surface area contributed by atoms with Crippen molar-refractivity contribution in [2.45, 2.75) is 17.1 Å². The molecule has 6 heteroatoms. The Hall–Kier alpha value is -1.03. The van der Waals surface area contributed by atoms with Crippen LogP contribution < -0.4 is 0 Å². The first-order valence-electron chi connectivity index (χ1n) is 6.58. The van der Waals surface area contributed by atoms with E-state index in [4.69, 9.17) is 5.26 Å². The Morgan fingerprint density at radius 3 is 2.70 bits per heavy atom. The van der Waals surface area contributed by atoms with Crippen molar-refractivity contribution in [1.82, 2.24) is 4.90 Å². The van der Waals surface area contributed by atoms with E-state index in [0.29, 0.717) is 22.3 Å². The highest BCUT2D eigenvalue weighted by Crippen LogP contribution is 2.18. The van der Waals surface area contributed by atoms with Gasteiger partial charge in [0.2, 0.25) is 0 Å². The second-order valence-electron chi connectivity index (χ2n) is 4.94. The predicted octanol–water partition coefficient (Wildman–Crippen LogP) is 1.77. The molecule has 0 aliphatic carbocycles. The summed E-state index contributed by atoms with van der Waals surface area (Å²) in [5.41, 5.74) is 0.478. The first-order chi connectivity index (χ1) is 9.51. The standard InChI is InChI=1S/C14H18N2O2S2/c1-12-11-16(6-8-19-12)7-9-20(17,18)14-4-2-13(10-15)3-5-14/h2-5,12H,6-9,11H2,1H3. The van der Waals surface area contributed by atoms with Gasteiger partial charge in [-0.3, -0.25) is 0 Å². The lowest BCUT2D eigenvalue weighted by Crippen LogP contribution is -2.39. The van der Waals surface area contributed by atoms with Crippen LogP contribution in [0.5, 0.6) is 0 Å². The van der Waals surface area contributed by atoms with Crippen LogP contribution in [0.4, 0.5) is 0 Å². The third-order valence-electron chi connectivity index (χ3n) is 3.34. The minimum absolute atomic E-state index is 0.135. The number of rotatable bonds is 4. The highest BCUT2D eigenvalue weighted by Gasteiger charge is 2.20. The molecule has 108 valence electrons. The highest BCUT2D eigenvalue weighted by molar-refractivity contribution is 8.00. The van der Waals surface area contributed by atoms with Crippen molar-refractivity contribution in [3.05, 3.63) is 29.8 Å². The lowest BCUT2D eigenvalue weighted by molar-refractivity contribution is 0.303. The molecule has 4 nitrogen and oxygen atoms in total. The summed E-state index contributed by atoms with van der Waals surface area (Å²) in [7, 11) is -3.26. The summed E-state index contributed by atoms with van der Waals surface area (Å²) < 4.78 is 24.5. The number of nitriles is 1. The number of benzene rings is 1. The Morgan fingerprint density at radius 2 is 2.10 bits per heavy atom. The summed E-state index contributed by atoms with van der Waals surface area (Å²) in [6, 6.07) is 8.12. The first-order valence-corrected chi connectivity index (χ1v) is 9.28. The van der Waals surface area contributed by atoms with Gasteiger partial charge in [0.25, 0.3) is 0 Å². The van der Waals surface area contributed by atoms with Gasteiger partial charge in [0.1, 0.15) is 0 Å². The number of hydrogen-bond acceptors (Lipinski definition) is 5. The van der Waals surface area contributed by atoms with Gasteiger partial charge >= 0.3 is 0 Å². The summed E-state index contributed by atoms with van der Waals surface area (Å²) >= 11 is 1.93. The zero-order valence-electron chi connectivity index (χ0n) is 11.4. The molecule has 1 aliphatic rings. The van der Waals surface area contributed by atoms with Crippen LogP contribution in [0.25, 0.3) is 0 Å². The van der Waals surface area contributed by atoms with E-state index in [1.807, 2.05) is 17.8 Å². The number of hydrogen-bond donors (Lipinski definition) is 0. The number of sulfone groups is 1. The van der Waals surface area contributed by atoms with E-state index in [1.54, 1.807) is 12.1 Å². The maximum Gasteiger partial charge on any atom is 0.179 e. The van der Waals surface area contributed by atoms with E-state index >= 15 is 0 Å². The largest absolute Gasteiger partial charge is 0.300 e. The molecule has 0 spiro atoms. The average Bonchev–Trinajstić information content (AvgIpc) is 2.45. The zero-order valence-corrected chi connectivity index (χ0v) is 13.1. The van der Waals surface area contributed by atoms with Gasteiger partial charge in [-0.2, -0.15) is 17.0 Å². The van der Waals surface area contributed by atoms with Gasteiger partial charge in [0.05, 0.1) is 22.3 Å². The Balaban J connectivity index is 1.98. The quantitative estimate of drug-likeness (QED) is 0.848. The molecule has 1 saturated heterocycles. The lowest BCUT2D eigenvalue weighted by atomic mass is 10.2. The zero-order chi connectivity index (χ0) is 14.6. The normalized spacial score (nSPS) is 20.5. The molecule has 1 aliphatic heterocycles. The predicted molar refractivity (Wildman–Crippen MR) is 81.6 cm³/mol. The molecule has 0 radical (unpaired) electrons. The third kappa shape index (κ3) is 3.98. The van der Waals surface area contributed by atoms with Crippen molar-refractivity contribution >= 4 is 21.6 Å². The molecule has 0 saturated carbocycles. The third-order valence-corrected chi connectivity index (χ3v) is 6.19. The lowest BCUT2D eigenvalue weighted by Gasteiger charge is -2.30. The molecule has 1 fully saturated rings. The van der Waals surface area contributed by atoms with Gasteiger partial charge in [0.15, 0.2) is 9.84 Å². The smallest absolute Gasteiger partial charge is 0.179 e. The fourth-order valence-electron chi connectivity index (χ4n) is 2.20. The summed E-state index contributed by atoms with van der Waals surface area (Å²) in [5.74, 6) is 1.20. The summed E-state index contributed by atoms with van der Waals surface area (Å²) in [4.78, 5) is 2.51. The number of nitrogens with zero attached hydrogens (tertiary/aromatic N) is 2. The van der Waals surface area contributed by atoms with Gasteiger partial charge < -0.3 is 4.90 Å². The van der Waals surface area contributed by atoms with Crippen LogP contribution in [0.15, 0.2) is 29.2 Å². The van der Waals surface area contributed by atoms with E-state index in [1.165, 1.54) is 12.1 Å². The molecule has 1 aromatic rings. The fraction of sp³-hybridized carbons (Fsp3) is 0.500. The SMILES string of the molecule is CC1CN(CCS(=O)(=O)c2ccc(C#N)cc2)CCS1. The molecule has 1 heterocycles. The molecular formula is C14H18N2O2S2. The van der Waals surface area contributed by atoms with Gasteiger partial charge in [-0.05, 0) is 24.3 Å². The summed E-state index contributed by atoms with van der Waals surface area (Å²) in [6.07, 6.45) is 0. The van der Waals surface area contributed by atoms with Crippen LogP contribution in [0.3, 0.4) is 0 Å². The Labute approximate surface area is 124 Å². The van der Waals surface area contributed by atoms with E-state index in [-0.39, 0.29) is 5.75 Å². The maximum atomic E-state index is 12.2. The van der Waals surface area contributed by atoms with Crippen LogP contribution in [-0.2, 0) is 9.84 Å². The monoisotopic (exact) mass is 310 g/mol. The van der Waals surface area contributed by atoms with E-state index < -0.39 is 9.84 Å². The Kier molecular flexibility index (Phi) is 5.08. The Bertz CT molecular complexity index is 591. The first kappa shape index (κ1) is 15.4. The van der Waals surface area contributed by atoms with Crippen LogP contribution >= 0.6 is 11.8 Å². The summed E-state index contributed by atoms with van der Waals surface area (Å²) in [5, 5.41) is 9.29. The molecule has 1 unspecified atom stereocenters. The topological polar surface area (TPSA) is 61.2 Å². The molecule has 1 atom stereocenters. The molecular weight excluding hydrogens is 292 g/mol. The van der Waals surface area contributed by atoms with Crippen molar-refractivity contribution in [1.29, 1.82) is 5.26 Å². The van der Waals surface area contributed by atoms with Gasteiger partial charge in [0, 0.05) is 30.6 Å². The molecule has 0 aromatic heterocycles. The van der Waals surface area contributed by atoms with E-state index in [2.05, 4.69) is 11.8 Å². The molecule has 20 heavy (non-hydrogen) atoms. The van der Waals surface area contributed by atoms with Gasteiger partial charge in [-0.25, -0.2) is 8.42 Å². The molecule has 0 N–H and O–H groups in total.